The maximum absolute atomic E-state index is 5.86. The van der Waals surface area contributed by atoms with Crippen LogP contribution >= 0.6 is 0 Å². The van der Waals surface area contributed by atoms with Gasteiger partial charge in [0.15, 0.2) is 5.79 Å². The van der Waals surface area contributed by atoms with Crippen LogP contribution in [0, 0.1) is 0 Å². The number of unbranched alkanes of at least 4 members (excludes halogenated alkanes) is 18. The normalized spacial score (nSPS) is 12.5. The number of methoxy groups -OCH3 is 2. The van der Waals surface area contributed by atoms with Gasteiger partial charge in [0.05, 0.1) is 0 Å². The molecule has 0 aliphatic rings. The van der Waals surface area contributed by atoms with Crippen molar-refractivity contribution in [3.8, 4) is 0 Å². The monoisotopic (exact) mass is 492 g/mol. The lowest BCUT2D eigenvalue weighted by molar-refractivity contribution is -0.216. The second kappa shape index (κ2) is 28.0. The average molecular weight is 493 g/mol. The fourth-order valence-corrected chi connectivity index (χ4v) is 4.88. The molecule has 0 atom stereocenters. The Kier molecular flexibility index (Phi) is 27.5. The first-order valence-corrected chi connectivity index (χ1v) is 15.6. The Hall–Kier alpha value is -0.600. The maximum Gasteiger partial charge on any atom is 0.167 e. The summed E-state index contributed by atoms with van der Waals surface area (Å²) in [4.78, 5) is 0. The Morgan fingerprint density at radius 3 is 1.20 bits per heavy atom. The Morgan fingerprint density at radius 2 is 0.771 bits per heavy atom. The highest BCUT2D eigenvalue weighted by Crippen LogP contribution is 2.27. The zero-order valence-electron chi connectivity index (χ0n) is 24.6. The van der Waals surface area contributed by atoms with E-state index in [9.17, 15) is 0 Å². The first kappa shape index (κ1) is 34.4. The summed E-state index contributed by atoms with van der Waals surface area (Å²) in [5.74, 6) is -0.352. The molecule has 0 unspecified atom stereocenters. The molecule has 208 valence electrons. The van der Waals surface area contributed by atoms with Crippen LogP contribution in [0.2, 0.25) is 0 Å². The second-order valence-corrected chi connectivity index (χ2v) is 10.6. The van der Waals surface area contributed by atoms with Crippen LogP contribution in [0.3, 0.4) is 0 Å². The van der Waals surface area contributed by atoms with Crippen molar-refractivity contribution in [3.63, 3.8) is 0 Å². The van der Waals surface area contributed by atoms with Gasteiger partial charge >= 0.3 is 0 Å². The minimum absolute atomic E-state index is 0.352. The number of rotatable bonds is 28. The molecule has 35 heavy (non-hydrogen) atoms. The van der Waals surface area contributed by atoms with Gasteiger partial charge in [0.25, 0.3) is 0 Å². The van der Waals surface area contributed by atoms with E-state index in [-0.39, 0.29) is 5.79 Å². The average Bonchev–Trinajstić information content (AvgIpc) is 2.88. The molecule has 0 amide bonds. The molecule has 0 aromatic rings. The van der Waals surface area contributed by atoms with Crippen molar-refractivity contribution in [2.24, 2.45) is 0 Å². The minimum atomic E-state index is -0.352. The highest BCUT2D eigenvalue weighted by molar-refractivity contribution is 4.92. The standard InChI is InChI=1S/C33H64O2/c1-5-7-9-11-13-15-17-18-19-20-21-22-24-26-28-30-32-33(34-3,35-4)31-29-27-25-23-16-14-12-10-8-6-2/h13,15,18-19H,5-12,14,16-17,20-32H2,1-4H3/b15-13-,19-18-. The lowest BCUT2D eigenvalue weighted by Crippen LogP contribution is -2.33. The summed E-state index contributed by atoms with van der Waals surface area (Å²) in [7, 11) is 3.66. The Bertz CT molecular complexity index is 450. The minimum Gasteiger partial charge on any atom is -0.353 e. The van der Waals surface area contributed by atoms with Crippen molar-refractivity contribution in [1.82, 2.24) is 0 Å². The number of allylic oxidation sites excluding steroid dienone is 4. The van der Waals surface area contributed by atoms with Gasteiger partial charge in [0, 0.05) is 27.1 Å². The Morgan fingerprint density at radius 1 is 0.429 bits per heavy atom. The van der Waals surface area contributed by atoms with Crippen LogP contribution in [-0.4, -0.2) is 20.0 Å². The van der Waals surface area contributed by atoms with Gasteiger partial charge in [-0.3, -0.25) is 0 Å². The molecule has 0 aliphatic heterocycles. The van der Waals surface area contributed by atoms with Crippen molar-refractivity contribution < 1.29 is 9.47 Å². The number of hydrogen-bond acceptors (Lipinski definition) is 2. The lowest BCUT2D eigenvalue weighted by Gasteiger charge is -2.31. The summed E-state index contributed by atoms with van der Waals surface area (Å²) in [6, 6.07) is 0. The smallest absolute Gasteiger partial charge is 0.167 e. The summed E-state index contributed by atoms with van der Waals surface area (Å²) in [5, 5.41) is 0. The van der Waals surface area contributed by atoms with Gasteiger partial charge in [-0.05, 0) is 44.9 Å². The predicted molar refractivity (Wildman–Crippen MR) is 157 cm³/mol. The molecular weight excluding hydrogens is 428 g/mol. The van der Waals surface area contributed by atoms with E-state index in [1.807, 2.05) is 14.2 Å². The molecule has 0 aromatic carbocycles. The van der Waals surface area contributed by atoms with Crippen LogP contribution in [0.4, 0.5) is 0 Å². The van der Waals surface area contributed by atoms with Crippen molar-refractivity contribution >= 4 is 0 Å². The largest absolute Gasteiger partial charge is 0.353 e. The molecule has 0 N–H and O–H groups in total. The molecule has 0 bridgehead atoms. The summed E-state index contributed by atoms with van der Waals surface area (Å²) >= 11 is 0. The summed E-state index contributed by atoms with van der Waals surface area (Å²) in [6.45, 7) is 4.55. The van der Waals surface area contributed by atoms with E-state index in [0.29, 0.717) is 0 Å². The van der Waals surface area contributed by atoms with E-state index in [1.165, 1.54) is 135 Å². The molecule has 0 heterocycles. The molecule has 0 fully saturated rings. The third-order valence-corrected chi connectivity index (χ3v) is 7.41. The number of hydrogen-bond donors (Lipinski definition) is 0. The molecule has 0 spiro atoms. The zero-order valence-corrected chi connectivity index (χ0v) is 24.6. The molecule has 0 radical (unpaired) electrons. The summed E-state index contributed by atoms with van der Waals surface area (Å²) in [6.07, 6.45) is 40.7. The summed E-state index contributed by atoms with van der Waals surface area (Å²) < 4.78 is 11.7. The van der Waals surface area contributed by atoms with Crippen molar-refractivity contribution in [3.05, 3.63) is 24.3 Å². The lowest BCUT2D eigenvalue weighted by atomic mass is 9.98. The quantitative estimate of drug-likeness (QED) is 0.0614. The van der Waals surface area contributed by atoms with Gasteiger partial charge in [-0.1, -0.05) is 134 Å². The van der Waals surface area contributed by atoms with Gasteiger partial charge in [-0.2, -0.15) is 0 Å². The van der Waals surface area contributed by atoms with Gasteiger partial charge < -0.3 is 9.47 Å². The third kappa shape index (κ3) is 23.5. The zero-order chi connectivity index (χ0) is 25.7. The van der Waals surface area contributed by atoms with Crippen LogP contribution in [0.25, 0.3) is 0 Å². The Balaban J connectivity index is 3.64. The van der Waals surface area contributed by atoms with Gasteiger partial charge in [-0.15, -0.1) is 0 Å². The fourth-order valence-electron chi connectivity index (χ4n) is 4.88. The van der Waals surface area contributed by atoms with E-state index in [2.05, 4.69) is 38.2 Å². The van der Waals surface area contributed by atoms with Crippen LogP contribution in [-0.2, 0) is 9.47 Å². The highest BCUT2D eigenvalue weighted by atomic mass is 16.7. The molecule has 0 saturated heterocycles. The van der Waals surface area contributed by atoms with E-state index >= 15 is 0 Å². The molecule has 0 aliphatic carbocycles. The van der Waals surface area contributed by atoms with E-state index in [1.54, 1.807) is 0 Å². The number of ether oxygens (including phenoxy) is 2. The molecule has 0 rings (SSSR count). The molecular formula is C33H64O2. The van der Waals surface area contributed by atoms with Crippen LogP contribution < -0.4 is 0 Å². The molecule has 0 aromatic heterocycles. The van der Waals surface area contributed by atoms with Crippen LogP contribution in [0.5, 0.6) is 0 Å². The topological polar surface area (TPSA) is 18.5 Å². The van der Waals surface area contributed by atoms with Crippen molar-refractivity contribution in [1.29, 1.82) is 0 Å². The SMILES string of the molecule is CCCCC/C=C\C/C=C\CCCCCCCCC(CCCCCCCCCCCC)(OC)OC. The van der Waals surface area contributed by atoms with Gasteiger partial charge in [0.2, 0.25) is 0 Å². The second-order valence-electron chi connectivity index (χ2n) is 10.6. The Labute approximate surface area is 221 Å². The summed E-state index contributed by atoms with van der Waals surface area (Å²) in [5.41, 5.74) is 0. The molecule has 2 heteroatoms. The highest BCUT2D eigenvalue weighted by Gasteiger charge is 2.28. The van der Waals surface area contributed by atoms with Crippen molar-refractivity contribution in [2.45, 2.75) is 174 Å². The van der Waals surface area contributed by atoms with E-state index < -0.39 is 0 Å². The predicted octanol–water partition coefficient (Wildman–Crippen LogP) is 11.5. The van der Waals surface area contributed by atoms with E-state index in [0.717, 1.165) is 19.3 Å². The fraction of sp³-hybridized carbons (Fsp3) is 0.879. The van der Waals surface area contributed by atoms with Gasteiger partial charge in [0.1, 0.15) is 0 Å². The molecule has 0 saturated carbocycles. The first-order chi connectivity index (χ1) is 17.2. The third-order valence-electron chi connectivity index (χ3n) is 7.41. The van der Waals surface area contributed by atoms with Gasteiger partial charge in [-0.25, -0.2) is 0 Å². The van der Waals surface area contributed by atoms with Crippen LogP contribution in [0.1, 0.15) is 168 Å². The first-order valence-electron chi connectivity index (χ1n) is 15.6. The van der Waals surface area contributed by atoms with Crippen LogP contribution in [0.15, 0.2) is 24.3 Å². The maximum atomic E-state index is 5.86. The van der Waals surface area contributed by atoms with E-state index in [4.69, 9.17) is 9.47 Å². The van der Waals surface area contributed by atoms with Crippen molar-refractivity contribution in [2.75, 3.05) is 14.2 Å². The molecule has 2 nitrogen and oxygen atoms in total.